The Labute approximate surface area is 131 Å². The molecule has 0 aliphatic carbocycles. The maximum atomic E-state index is 12.2. The Bertz CT molecular complexity index is 654. The number of anilines is 2. The molecule has 7 heteroatoms. The van der Waals surface area contributed by atoms with Gasteiger partial charge in [-0.1, -0.05) is 0 Å². The Morgan fingerprint density at radius 2 is 2.18 bits per heavy atom. The van der Waals surface area contributed by atoms with Gasteiger partial charge in [-0.3, -0.25) is 0 Å². The summed E-state index contributed by atoms with van der Waals surface area (Å²) in [6.45, 7) is 1.85. The van der Waals surface area contributed by atoms with Gasteiger partial charge in [-0.25, -0.2) is 4.57 Å². The monoisotopic (exact) mass is 319 g/mol. The van der Waals surface area contributed by atoms with Gasteiger partial charge >= 0.3 is 14.2 Å². The molecule has 1 aliphatic heterocycles. The molecule has 0 amide bonds. The van der Waals surface area contributed by atoms with Gasteiger partial charge in [-0.05, 0) is 35.3 Å². The van der Waals surface area contributed by atoms with Crippen LogP contribution in [0.25, 0.3) is 0 Å². The summed E-state index contributed by atoms with van der Waals surface area (Å²) in [5, 5.41) is 3.26. The molecule has 22 heavy (non-hydrogen) atoms. The summed E-state index contributed by atoms with van der Waals surface area (Å²) < 4.78 is 16.1. The van der Waals surface area contributed by atoms with E-state index in [1.807, 2.05) is 59.2 Å². The van der Waals surface area contributed by atoms with Crippen molar-refractivity contribution in [3.05, 3.63) is 43.0 Å². The molecule has 116 valence electrons. The molecular formula is C15H22N5OP+2. The van der Waals surface area contributed by atoms with Crippen molar-refractivity contribution in [2.45, 2.75) is 18.7 Å². The number of nitrogen functional groups attached to an aromatic ring is 1. The molecule has 0 saturated carbocycles. The molecule has 6 nitrogen and oxygen atoms in total. The van der Waals surface area contributed by atoms with Crippen molar-refractivity contribution in [3.63, 3.8) is 0 Å². The summed E-state index contributed by atoms with van der Waals surface area (Å²) in [4.78, 5) is 2.30. The van der Waals surface area contributed by atoms with Gasteiger partial charge in [0.05, 0.1) is 13.1 Å². The molecule has 1 fully saturated rings. The van der Waals surface area contributed by atoms with Crippen LogP contribution in [0.3, 0.4) is 0 Å². The lowest BCUT2D eigenvalue weighted by Crippen LogP contribution is -2.28. The molecule has 2 aromatic rings. The van der Waals surface area contributed by atoms with Gasteiger partial charge in [0.15, 0.2) is 0 Å². The first-order chi connectivity index (χ1) is 10.6. The van der Waals surface area contributed by atoms with E-state index < -0.39 is 7.95 Å². The van der Waals surface area contributed by atoms with E-state index in [9.17, 15) is 4.57 Å². The topological polar surface area (TPSA) is 67.2 Å². The third-order valence-corrected chi connectivity index (χ3v) is 5.13. The van der Waals surface area contributed by atoms with Crippen LogP contribution in [0.1, 0.15) is 6.42 Å². The number of aryl methyl sites for hydroxylation is 1. The van der Waals surface area contributed by atoms with Crippen LogP contribution in [0.5, 0.6) is 0 Å². The van der Waals surface area contributed by atoms with Crippen molar-refractivity contribution >= 4 is 19.3 Å². The fraction of sp³-hybridized carbons (Fsp3) is 0.400. The summed E-state index contributed by atoms with van der Waals surface area (Å²) in [7, 11) is 0.512. The van der Waals surface area contributed by atoms with E-state index >= 15 is 0 Å². The van der Waals surface area contributed by atoms with E-state index in [0.717, 1.165) is 25.2 Å². The zero-order valence-corrected chi connectivity index (χ0v) is 13.6. The van der Waals surface area contributed by atoms with Crippen molar-refractivity contribution in [1.29, 1.82) is 0 Å². The van der Waals surface area contributed by atoms with E-state index in [-0.39, 0.29) is 6.04 Å². The molecule has 3 rings (SSSR count). The van der Waals surface area contributed by atoms with E-state index in [1.54, 1.807) is 0 Å². The molecule has 1 aromatic carbocycles. The molecule has 1 saturated heterocycles. The fourth-order valence-corrected chi connectivity index (χ4v) is 3.93. The van der Waals surface area contributed by atoms with E-state index in [2.05, 4.69) is 9.99 Å². The number of hydrogen-bond acceptors (Lipinski definition) is 3. The highest BCUT2D eigenvalue weighted by atomic mass is 31.1. The van der Waals surface area contributed by atoms with Crippen molar-refractivity contribution in [1.82, 2.24) is 9.65 Å². The zero-order chi connectivity index (χ0) is 15.5. The Morgan fingerprint density at radius 3 is 2.86 bits per heavy atom. The second-order valence-corrected chi connectivity index (χ2v) is 7.06. The van der Waals surface area contributed by atoms with Crippen LogP contribution in [0.15, 0.2) is 43.0 Å². The summed E-state index contributed by atoms with van der Waals surface area (Å²) in [6.07, 6.45) is 7.33. The summed E-state index contributed by atoms with van der Waals surface area (Å²) in [5.74, 6) is 0. The van der Waals surface area contributed by atoms with Crippen LogP contribution < -0.4 is 20.3 Å². The molecule has 0 radical (unpaired) electrons. The largest absolute Gasteiger partial charge is 0.478 e. The van der Waals surface area contributed by atoms with E-state index in [1.165, 1.54) is 5.69 Å². The number of rotatable bonds is 5. The maximum absolute atomic E-state index is 12.2. The first-order valence-electron chi connectivity index (χ1n) is 7.42. The molecule has 3 N–H and O–H groups in total. The predicted molar refractivity (Wildman–Crippen MR) is 87.8 cm³/mol. The Balaban J connectivity index is 1.52. The van der Waals surface area contributed by atoms with Gasteiger partial charge in [-0.2, -0.15) is 4.57 Å². The maximum Gasteiger partial charge on any atom is 0.478 e. The first kappa shape index (κ1) is 15.0. The van der Waals surface area contributed by atoms with Crippen molar-refractivity contribution in [3.8, 4) is 0 Å². The van der Waals surface area contributed by atoms with Gasteiger partial charge < -0.3 is 10.6 Å². The van der Waals surface area contributed by atoms with Gasteiger partial charge in [0, 0.05) is 24.5 Å². The van der Waals surface area contributed by atoms with Crippen molar-refractivity contribution < 1.29 is 9.13 Å². The second-order valence-electron chi connectivity index (χ2n) is 5.77. The Morgan fingerprint density at radius 1 is 1.41 bits per heavy atom. The lowest BCUT2D eigenvalue weighted by Gasteiger charge is -2.17. The average molecular weight is 319 g/mol. The van der Waals surface area contributed by atoms with E-state index in [0.29, 0.717) is 6.29 Å². The number of nitrogens with two attached hydrogens (primary N) is 1. The lowest BCUT2D eigenvalue weighted by atomic mass is 10.2. The minimum atomic E-state index is -1.44. The summed E-state index contributed by atoms with van der Waals surface area (Å²) in [6, 6.07) is 8.19. The third-order valence-electron chi connectivity index (χ3n) is 3.89. The van der Waals surface area contributed by atoms with E-state index in [4.69, 9.17) is 5.73 Å². The highest BCUT2D eigenvalue weighted by Crippen LogP contribution is 2.25. The van der Waals surface area contributed by atoms with Crippen LogP contribution in [0.4, 0.5) is 11.4 Å². The predicted octanol–water partition coefficient (Wildman–Crippen LogP) is 1.46. The van der Waals surface area contributed by atoms with Crippen LogP contribution in [-0.2, 0) is 17.9 Å². The van der Waals surface area contributed by atoms with Gasteiger partial charge in [-0.15, -0.1) is 5.09 Å². The van der Waals surface area contributed by atoms with Crippen LogP contribution in [0.2, 0.25) is 0 Å². The number of aromatic nitrogens is 2. The number of benzene rings is 1. The molecule has 0 spiro atoms. The van der Waals surface area contributed by atoms with Crippen LogP contribution in [0, 0.1) is 0 Å². The second kappa shape index (κ2) is 6.46. The first-order valence-corrected chi connectivity index (χ1v) is 8.87. The Kier molecular flexibility index (Phi) is 4.41. The Hall–Kier alpha value is -1.91. The quantitative estimate of drug-likeness (QED) is 0.497. The molecule has 2 atom stereocenters. The minimum Gasteiger partial charge on any atom is -0.399 e. The molecule has 2 unspecified atom stereocenters. The molecule has 1 aromatic heterocycles. The smallest absolute Gasteiger partial charge is 0.399 e. The number of nitrogens with one attached hydrogen (secondary N) is 1. The fourth-order valence-electron chi connectivity index (χ4n) is 2.76. The van der Waals surface area contributed by atoms with Crippen LogP contribution >= 0.6 is 7.95 Å². The number of hydrogen-bond donors (Lipinski definition) is 2. The normalized spacial score (nSPS) is 18.7. The summed E-state index contributed by atoms with van der Waals surface area (Å²) in [5.41, 5.74) is 7.67. The van der Waals surface area contributed by atoms with Gasteiger partial charge in [0.2, 0.25) is 6.33 Å². The van der Waals surface area contributed by atoms with Gasteiger partial charge in [0.1, 0.15) is 12.4 Å². The minimum absolute atomic E-state index is 0.269. The standard InChI is InChI=1S/C15H22N5OP/c1-18-8-9-19(11-18)12-22(21)17-14-6-7-20(10-14)15-4-2-13(16)3-5-15/h2-5,8-9,11,14H,6-7,10,12,16H2,1H3,(H,17,21)/q+2. The molecule has 0 bridgehead atoms. The summed E-state index contributed by atoms with van der Waals surface area (Å²) >= 11 is 0. The number of imidazole rings is 1. The zero-order valence-electron chi connectivity index (χ0n) is 12.7. The van der Waals surface area contributed by atoms with Gasteiger partial charge in [0.25, 0.3) is 0 Å². The molecule has 1 aliphatic rings. The average Bonchev–Trinajstić information content (AvgIpc) is 3.09. The molecule has 2 heterocycles. The van der Waals surface area contributed by atoms with Crippen LogP contribution in [-0.4, -0.2) is 23.7 Å². The number of nitrogens with zero attached hydrogens (tertiary/aromatic N) is 3. The molecular weight excluding hydrogens is 297 g/mol. The lowest BCUT2D eigenvalue weighted by molar-refractivity contribution is -0.670. The highest BCUT2D eigenvalue weighted by molar-refractivity contribution is 7.41. The SMILES string of the molecule is C[n+]1ccn(C[P+](=O)NC2CCN(c3ccc(N)cc3)C2)c1. The van der Waals surface area contributed by atoms with Crippen molar-refractivity contribution in [2.24, 2.45) is 7.05 Å². The third kappa shape index (κ3) is 3.64. The van der Waals surface area contributed by atoms with Crippen molar-refractivity contribution in [2.75, 3.05) is 23.7 Å². The highest BCUT2D eigenvalue weighted by Gasteiger charge is 2.30.